The van der Waals surface area contributed by atoms with Crippen LogP contribution < -0.4 is 0 Å². The van der Waals surface area contributed by atoms with Crippen molar-refractivity contribution >= 4 is 41.6 Å². The monoisotopic (exact) mass is 395 g/mol. The number of nitrogens with zero attached hydrogens (tertiary/aromatic N) is 1. The summed E-state index contributed by atoms with van der Waals surface area (Å²) in [6.07, 6.45) is 0.969. The van der Waals surface area contributed by atoms with E-state index < -0.39 is 9.05 Å². The number of benzene rings is 1. The average molecular weight is 397 g/mol. The molecule has 0 aliphatic heterocycles. The van der Waals surface area contributed by atoms with Gasteiger partial charge in [0.15, 0.2) is 0 Å². The van der Waals surface area contributed by atoms with Gasteiger partial charge in [0.05, 0.1) is 4.90 Å². The van der Waals surface area contributed by atoms with Gasteiger partial charge in [0.25, 0.3) is 15.0 Å². The van der Waals surface area contributed by atoms with Crippen LogP contribution in [0.2, 0.25) is 0 Å². The van der Waals surface area contributed by atoms with Crippen LogP contribution in [0.3, 0.4) is 0 Å². The fraction of sp³-hybridized carbons (Fsp3) is 0.500. The van der Waals surface area contributed by atoms with Gasteiger partial charge in [-0.15, -0.1) is 0 Å². The molecular formula is C14H19BrClNO3S. The highest BCUT2D eigenvalue weighted by atomic mass is 79.9. The molecule has 0 aliphatic carbocycles. The third-order valence-corrected chi connectivity index (χ3v) is 5.62. The van der Waals surface area contributed by atoms with E-state index in [1.165, 1.54) is 12.1 Å². The molecule has 0 heterocycles. The van der Waals surface area contributed by atoms with Crippen LogP contribution in [-0.2, 0) is 9.05 Å². The summed E-state index contributed by atoms with van der Waals surface area (Å²) in [7, 11) is 3.20. The molecule has 0 aromatic heterocycles. The number of carbonyl (C=O) groups excluding carboxylic acids is 1. The lowest BCUT2D eigenvalue weighted by molar-refractivity contribution is 0.0774. The van der Waals surface area contributed by atoms with Gasteiger partial charge in [-0.05, 0) is 30.5 Å². The summed E-state index contributed by atoms with van der Waals surface area (Å²) in [5, 5.41) is 0. The molecule has 0 N–H and O–H groups in total. The summed E-state index contributed by atoms with van der Waals surface area (Å²) in [6, 6.07) is 2.74. The molecule has 0 fully saturated rings. The molecule has 118 valence electrons. The molecule has 4 nitrogen and oxygen atoms in total. The normalized spacial score (nSPS) is 13.0. The smallest absolute Gasteiger partial charge is 0.261 e. The molecule has 0 saturated heterocycles. The average Bonchev–Trinajstić information content (AvgIpc) is 2.39. The quantitative estimate of drug-likeness (QED) is 0.711. The molecule has 1 rings (SSSR count). The first-order chi connectivity index (χ1) is 9.57. The van der Waals surface area contributed by atoms with E-state index in [-0.39, 0.29) is 10.8 Å². The van der Waals surface area contributed by atoms with Crippen LogP contribution in [0.5, 0.6) is 0 Å². The van der Waals surface area contributed by atoms with Crippen LogP contribution in [-0.4, -0.2) is 32.8 Å². The molecule has 0 aliphatic rings. The Balaban J connectivity index is 3.23. The van der Waals surface area contributed by atoms with Crippen LogP contribution in [0.15, 0.2) is 21.5 Å². The van der Waals surface area contributed by atoms with E-state index in [1.807, 2.05) is 0 Å². The van der Waals surface area contributed by atoms with Crippen LogP contribution in [0.25, 0.3) is 0 Å². The first kappa shape index (κ1) is 18.5. The molecule has 0 radical (unpaired) electrons. The predicted molar refractivity (Wildman–Crippen MR) is 88.3 cm³/mol. The third-order valence-electron chi connectivity index (χ3n) is 3.46. The Morgan fingerprint density at radius 1 is 1.43 bits per heavy atom. The van der Waals surface area contributed by atoms with Crippen molar-refractivity contribution in [3.8, 4) is 0 Å². The van der Waals surface area contributed by atoms with Gasteiger partial charge in [-0.2, -0.15) is 0 Å². The maximum absolute atomic E-state index is 12.5. The zero-order chi connectivity index (χ0) is 16.4. The Morgan fingerprint density at radius 2 is 2.00 bits per heavy atom. The maximum atomic E-state index is 12.5. The minimum absolute atomic E-state index is 0.0815. The van der Waals surface area contributed by atoms with E-state index >= 15 is 0 Å². The second kappa shape index (κ2) is 7.11. The van der Waals surface area contributed by atoms with E-state index in [0.717, 1.165) is 6.42 Å². The molecule has 0 spiro atoms. The molecule has 0 bridgehead atoms. The van der Waals surface area contributed by atoms with Gasteiger partial charge in [-0.3, -0.25) is 4.79 Å². The third kappa shape index (κ3) is 4.69. The van der Waals surface area contributed by atoms with Crippen LogP contribution in [0.1, 0.15) is 36.2 Å². The van der Waals surface area contributed by atoms with E-state index in [2.05, 4.69) is 29.8 Å². The van der Waals surface area contributed by atoms with Gasteiger partial charge in [0.1, 0.15) is 0 Å². The molecule has 1 amide bonds. The highest BCUT2D eigenvalue weighted by Gasteiger charge is 2.21. The Hall–Kier alpha value is -0.590. The van der Waals surface area contributed by atoms with E-state index in [0.29, 0.717) is 28.1 Å². The zero-order valence-corrected chi connectivity index (χ0v) is 15.6. The second-order valence-corrected chi connectivity index (χ2v) is 8.63. The highest BCUT2D eigenvalue weighted by molar-refractivity contribution is 9.10. The van der Waals surface area contributed by atoms with E-state index in [4.69, 9.17) is 10.7 Å². The zero-order valence-electron chi connectivity index (χ0n) is 12.5. The van der Waals surface area contributed by atoms with Crippen molar-refractivity contribution in [3.05, 3.63) is 27.7 Å². The Labute approximate surface area is 139 Å². The largest absolute Gasteiger partial charge is 0.341 e. The van der Waals surface area contributed by atoms with Crippen molar-refractivity contribution in [2.45, 2.75) is 32.1 Å². The Morgan fingerprint density at radius 3 is 2.48 bits per heavy atom. The van der Waals surface area contributed by atoms with Gasteiger partial charge in [-0.1, -0.05) is 36.2 Å². The summed E-state index contributed by atoms with van der Waals surface area (Å²) in [6.45, 7) is 6.50. The lowest BCUT2D eigenvalue weighted by atomic mass is 10.1. The summed E-state index contributed by atoms with van der Waals surface area (Å²) in [5.74, 6) is 0.165. The molecule has 21 heavy (non-hydrogen) atoms. The lowest BCUT2D eigenvalue weighted by Gasteiger charge is -2.22. The van der Waals surface area contributed by atoms with Crippen molar-refractivity contribution in [3.63, 3.8) is 0 Å². The van der Waals surface area contributed by atoms with Crippen LogP contribution in [0, 0.1) is 12.8 Å². The van der Waals surface area contributed by atoms with E-state index in [1.54, 1.807) is 18.9 Å². The molecule has 0 saturated carbocycles. The van der Waals surface area contributed by atoms with Crippen LogP contribution in [0.4, 0.5) is 0 Å². The minimum Gasteiger partial charge on any atom is -0.341 e. The standard InChI is InChI=1S/C14H19BrClNO3S/c1-5-9(2)8-17(4)14(18)12-6-11(21(16,19)20)7-13(15)10(12)3/h6-7,9H,5,8H2,1-4H3. The minimum atomic E-state index is -3.88. The maximum Gasteiger partial charge on any atom is 0.261 e. The van der Waals surface area contributed by atoms with Gasteiger partial charge >= 0.3 is 0 Å². The number of hydrogen-bond acceptors (Lipinski definition) is 3. The highest BCUT2D eigenvalue weighted by Crippen LogP contribution is 2.27. The van der Waals surface area contributed by atoms with Crippen molar-refractivity contribution < 1.29 is 13.2 Å². The lowest BCUT2D eigenvalue weighted by Crippen LogP contribution is -2.31. The molecular weight excluding hydrogens is 378 g/mol. The number of amides is 1. The van der Waals surface area contributed by atoms with Gasteiger partial charge < -0.3 is 4.90 Å². The fourth-order valence-electron chi connectivity index (χ4n) is 1.90. The number of carbonyl (C=O) groups is 1. The summed E-state index contributed by atoms with van der Waals surface area (Å²) >= 11 is 3.28. The van der Waals surface area contributed by atoms with Crippen molar-refractivity contribution in [2.75, 3.05) is 13.6 Å². The molecule has 1 atom stereocenters. The summed E-state index contributed by atoms with van der Waals surface area (Å²) in [4.78, 5) is 14.0. The van der Waals surface area contributed by atoms with Crippen molar-refractivity contribution in [2.24, 2.45) is 5.92 Å². The number of rotatable bonds is 5. The SMILES string of the molecule is CCC(C)CN(C)C(=O)c1cc(S(=O)(=O)Cl)cc(Br)c1C. The number of halogens is 2. The number of hydrogen-bond donors (Lipinski definition) is 0. The molecule has 1 aromatic carbocycles. The van der Waals surface area contributed by atoms with Crippen molar-refractivity contribution in [1.29, 1.82) is 0 Å². The fourth-order valence-corrected chi connectivity index (χ4v) is 3.30. The van der Waals surface area contributed by atoms with Crippen molar-refractivity contribution in [1.82, 2.24) is 4.90 Å². The topological polar surface area (TPSA) is 54.5 Å². The van der Waals surface area contributed by atoms with Crippen LogP contribution >= 0.6 is 26.6 Å². The Kier molecular flexibility index (Phi) is 6.25. The molecule has 1 unspecified atom stereocenters. The summed E-state index contributed by atoms with van der Waals surface area (Å²) in [5.41, 5.74) is 1.04. The predicted octanol–water partition coefficient (Wildman–Crippen LogP) is 3.80. The first-order valence-electron chi connectivity index (χ1n) is 6.58. The van der Waals surface area contributed by atoms with E-state index in [9.17, 15) is 13.2 Å². The van der Waals surface area contributed by atoms with Gasteiger partial charge in [0, 0.05) is 34.3 Å². The Bertz CT molecular complexity index is 646. The molecule has 7 heteroatoms. The first-order valence-corrected chi connectivity index (χ1v) is 9.68. The molecule has 1 aromatic rings. The van der Waals surface area contributed by atoms with Gasteiger partial charge in [-0.25, -0.2) is 8.42 Å². The second-order valence-electron chi connectivity index (χ2n) is 5.21. The van der Waals surface area contributed by atoms with Gasteiger partial charge in [0.2, 0.25) is 0 Å². The summed E-state index contributed by atoms with van der Waals surface area (Å²) < 4.78 is 23.5.